The van der Waals surface area contributed by atoms with Crippen molar-refractivity contribution in [1.29, 1.82) is 0 Å². The summed E-state index contributed by atoms with van der Waals surface area (Å²) in [7, 11) is -3.64. The van der Waals surface area contributed by atoms with Crippen LogP contribution < -0.4 is 5.73 Å². The maximum atomic E-state index is 12.7. The first-order valence-corrected chi connectivity index (χ1v) is 8.48. The van der Waals surface area contributed by atoms with Crippen molar-refractivity contribution >= 4 is 15.7 Å². The zero-order chi connectivity index (χ0) is 15.7. The van der Waals surface area contributed by atoms with Gasteiger partial charge in [-0.25, -0.2) is 8.42 Å². The number of rotatable bonds is 10. The van der Waals surface area contributed by atoms with Gasteiger partial charge in [0, 0.05) is 26.3 Å². The Hall–Kier alpha value is -1.15. The number of benzene rings is 1. The summed E-state index contributed by atoms with van der Waals surface area (Å²) in [4.78, 5) is 0.123. The number of hydrogen-bond donors (Lipinski definition) is 1. The molecule has 120 valence electrons. The molecule has 0 bridgehead atoms. The Morgan fingerprint density at radius 2 is 1.57 bits per heavy atom. The van der Waals surface area contributed by atoms with Gasteiger partial charge in [-0.3, -0.25) is 0 Å². The van der Waals surface area contributed by atoms with Crippen LogP contribution in [-0.4, -0.2) is 52.2 Å². The highest BCUT2D eigenvalue weighted by molar-refractivity contribution is 7.89. The Kier molecular flexibility index (Phi) is 7.66. The van der Waals surface area contributed by atoms with Crippen molar-refractivity contribution in [3.8, 4) is 0 Å². The molecule has 0 saturated heterocycles. The highest BCUT2D eigenvalue weighted by Crippen LogP contribution is 2.21. The van der Waals surface area contributed by atoms with E-state index in [1.165, 1.54) is 10.4 Å². The molecule has 0 aliphatic rings. The van der Waals surface area contributed by atoms with Gasteiger partial charge in [-0.05, 0) is 26.0 Å². The molecule has 0 radical (unpaired) electrons. The summed E-state index contributed by atoms with van der Waals surface area (Å²) >= 11 is 0. The SMILES string of the molecule is CCOCCN(CCOCC)S(=O)(=O)c1ccccc1N. The molecule has 1 aromatic rings. The average Bonchev–Trinajstić information content (AvgIpc) is 2.46. The van der Waals surface area contributed by atoms with E-state index < -0.39 is 10.0 Å². The first-order chi connectivity index (χ1) is 10.0. The normalized spacial score (nSPS) is 12.0. The van der Waals surface area contributed by atoms with Crippen LogP contribution in [0.25, 0.3) is 0 Å². The Morgan fingerprint density at radius 1 is 1.05 bits per heavy atom. The van der Waals surface area contributed by atoms with Gasteiger partial charge in [0.2, 0.25) is 10.0 Å². The molecule has 0 atom stereocenters. The third-order valence-electron chi connectivity index (χ3n) is 2.92. The molecular formula is C14H24N2O4S. The summed E-state index contributed by atoms with van der Waals surface area (Å²) in [5, 5.41) is 0. The molecule has 0 aliphatic heterocycles. The molecule has 0 aliphatic carbocycles. The third-order valence-corrected chi connectivity index (χ3v) is 4.89. The first kappa shape index (κ1) is 17.9. The molecule has 1 aromatic carbocycles. The number of nitrogens with zero attached hydrogens (tertiary/aromatic N) is 1. The molecule has 0 heterocycles. The second-order valence-electron chi connectivity index (χ2n) is 4.34. The lowest BCUT2D eigenvalue weighted by Crippen LogP contribution is -2.37. The lowest BCUT2D eigenvalue weighted by Gasteiger charge is -2.22. The van der Waals surface area contributed by atoms with E-state index >= 15 is 0 Å². The Morgan fingerprint density at radius 3 is 2.05 bits per heavy atom. The second kappa shape index (κ2) is 8.99. The number of sulfonamides is 1. The highest BCUT2D eigenvalue weighted by Gasteiger charge is 2.25. The predicted octanol–water partition coefficient (Wildman–Crippen LogP) is 1.33. The van der Waals surface area contributed by atoms with Gasteiger partial charge in [-0.1, -0.05) is 12.1 Å². The molecule has 0 spiro atoms. The predicted molar refractivity (Wildman–Crippen MR) is 82.6 cm³/mol. The van der Waals surface area contributed by atoms with Crippen molar-refractivity contribution < 1.29 is 17.9 Å². The number of ether oxygens (including phenoxy) is 2. The van der Waals surface area contributed by atoms with E-state index in [2.05, 4.69) is 0 Å². The van der Waals surface area contributed by atoms with Crippen LogP contribution in [0.2, 0.25) is 0 Å². The van der Waals surface area contributed by atoms with Gasteiger partial charge in [0.05, 0.1) is 18.9 Å². The molecule has 21 heavy (non-hydrogen) atoms. The summed E-state index contributed by atoms with van der Waals surface area (Å²) in [6.45, 7) is 6.07. The number of anilines is 1. The summed E-state index contributed by atoms with van der Waals surface area (Å²) in [5.41, 5.74) is 6.03. The van der Waals surface area contributed by atoms with Crippen LogP contribution in [0.4, 0.5) is 5.69 Å². The molecule has 1 rings (SSSR count). The minimum Gasteiger partial charge on any atom is -0.398 e. The van der Waals surface area contributed by atoms with E-state index in [0.29, 0.717) is 26.4 Å². The van der Waals surface area contributed by atoms with Crippen LogP contribution in [0, 0.1) is 0 Å². The van der Waals surface area contributed by atoms with Gasteiger partial charge in [0.1, 0.15) is 4.90 Å². The summed E-state index contributed by atoms with van der Waals surface area (Å²) in [6, 6.07) is 6.46. The fourth-order valence-corrected chi connectivity index (χ4v) is 3.35. The summed E-state index contributed by atoms with van der Waals surface area (Å²) in [6.07, 6.45) is 0. The topological polar surface area (TPSA) is 81.9 Å². The largest absolute Gasteiger partial charge is 0.398 e. The van der Waals surface area contributed by atoms with E-state index in [1.54, 1.807) is 18.2 Å². The molecule has 0 amide bonds. The Labute approximate surface area is 126 Å². The van der Waals surface area contributed by atoms with Crippen molar-refractivity contribution in [2.75, 3.05) is 45.3 Å². The van der Waals surface area contributed by atoms with Gasteiger partial charge >= 0.3 is 0 Å². The lowest BCUT2D eigenvalue weighted by atomic mass is 10.3. The van der Waals surface area contributed by atoms with Crippen LogP contribution in [-0.2, 0) is 19.5 Å². The monoisotopic (exact) mass is 316 g/mol. The van der Waals surface area contributed by atoms with Crippen LogP contribution >= 0.6 is 0 Å². The number of nitrogen functional groups attached to an aromatic ring is 1. The Balaban J connectivity index is 2.90. The van der Waals surface area contributed by atoms with E-state index in [4.69, 9.17) is 15.2 Å². The molecule has 0 unspecified atom stereocenters. The molecule has 0 fully saturated rings. The first-order valence-electron chi connectivity index (χ1n) is 7.04. The maximum Gasteiger partial charge on any atom is 0.245 e. The fraction of sp³-hybridized carbons (Fsp3) is 0.571. The standard InChI is InChI=1S/C14H24N2O4S/c1-3-19-11-9-16(10-12-20-4-2)21(17,18)14-8-6-5-7-13(14)15/h5-8H,3-4,9-12,15H2,1-2H3. The van der Waals surface area contributed by atoms with Crippen molar-refractivity contribution in [2.45, 2.75) is 18.7 Å². The van der Waals surface area contributed by atoms with E-state index in [-0.39, 0.29) is 23.7 Å². The lowest BCUT2D eigenvalue weighted by molar-refractivity contribution is 0.110. The van der Waals surface area contributed by atoms with Gasteiger partial charge in [-0.2, -0.15) is 4.31 Å². The summed E-state index contributed by atoms with van der Waals surface area (Å²) in [5.74, 6) is 0. The van der Waals surface area contributed by atoms with E-state index in [1.807, 2.05) is 13.8 Å². The zero-order valence-electron chi connectivity index (χ0n) is 12.6. The van der Waals surface area contributed by atoms with Crippen molar-refractivity contribution in [3.05, 3.63) is 24.3 Å². The maximum absolute atomic E-state index is 12.7. The average molecular weight is 316 g/mol. The third kappa shape index (κ3) is 5.28. The van der Waals surface area contributed by atoms with Crippen LogP contribution in [0.3, 0.4) is 0 Å². The zero-order valence-corrected chi connectivity index (χ0v) is 13.4. The summed E-state index contributed by atoms with van der Waals surface area (Å²) < 4.78 is 37.2. The number of para-hydroxylation sites is 1. The molecule has 6 nitrogen and oxygen atoms in total. The van der Waals surface area contributed by atoms with Gasteiger partial charge in [0.15, 0.2) is 0 Å². The molecule has 2 N–H and O–H groups in total. The second-order valence-corrected chi connectivity index (χ2v) is 6.24. The van der Waals surface area contributed by atoms with Crippen molar-refractivity contribution in [2.24, 2.45) is 0 Å². The smallest absolute Gasteiger partial charge is 0.245 e. The van der Waals surface area contributed by atoms with Gasteiger partial charge in [0.25, 0.3) is 0 Å². The van der Waals surface area contributed by atoms with Crippen molar-refractivity contribution in [1.82, 2.24) is 4.31 Å². The van der Waals surface area contributed by atoms with Crippen LogP contribution in [0.1, 0.15) is 13.8 Å². The van der Waals surface area contributed by atoms with Crippen molar-refractivity contribution in [3.63, 3.8) is 0 Å². The molecule has 0 aromatic heterocycles. The van der Waals surface area contributed by atoms with E-state index in [0.717, 1.165) is 0 Å². The Bertz CT molecular complexity index is 509. The number of nitrogens with two attached hydrogens (primary N) is 1. The van der Waals surface area contributed by atoms with Gasteiger partial charge < -0.3 is 15.2 Å². The van der Waals surface area contributed by atoms with Gasteiger partial charge in [-0.15, -0.1) is 0 Å². The van der Waals surface area contributed by atoms with E-state index in [9.17, 15) is 8.42 Å². The molecule has 7 heteroatoms. The van der Waals surface area contributed by atoms with Crippen LogP contribution in [0.5, 0.6) is 0 Å². The number of hydrogen-bond acceptors (Lipinski definition) is 5. The quantitative estimate of drug-likeness (QED) is 0.520. The van der Waals surface area contributed by atoms with Crippen LogP contribution in [0.15, 0.2) is 29.2 Å². The minimum absolute atomic E-state index is 0.123. The molecular weight excluding hydrogens is 292 g/mol. The highest BCUT2D eigenvalue weighted by atomic mass is 32.2. The minimum atomic E-state index is -3.64. The molecule has 0 saturated carbocycles. The fourth-order valence-electron chi connectivity index (χ4n) is 1.83.